The second-order valence-corrected chi connectivity index (χ2v) is 3.69. The van der Waals surface area contributed by atoms with Crippen LogP contribution in [0.25, 0.3) is 10.4 Å². The molecule has 0 aliphatic carbocycles. The van der Waals surface area contributed by atoms with Gasteiger partial charge in [-0.3, -0.25) is 0 Å². The van der Waals surface area contributed by atoms with Crippen molar-refractivity contribution in [2.45, 2.75) is 0 Å². The molecule has 0 radical (unpaired) electrons. The average Bonchev–Trinajstić information content (AvgIpc) is 2.62. The zero-order valence-corrected chi connectivity index (χ0v) is 8.23. The van der Waals surface area contributed by atoms with E-state index in [0.29, 0.717) is 10.4 Å². The van der Waals surface area contributed by atoms with E-state index in [4.69, 9.17) is 10.8 Å². The van der Waals surface area contributed by atoms with Gasteiger partial charge in [0.05, 0.1) is 4.88 Å². The van der Waals surface area contributed by atoms with Gasteiger partial charge in [-0.1, -0.05) is 11.3 Å². The number of hydrogen-bond acceptors (Lipinski definition) is 6. The molecule has 2 rings (SSSR count). The molecular formula is C8H6N4O2S. The van der Waals surface area contributed by atoms with Gasteiger partial charge in [0, 0.05) is 18.0 Å². The van der Waals surface area contributed by atoms with Crippen LogP contribution >= 0.6 is 11.3 Å². The lowest BCUT2D eigenvalue weighted by Gasteiger charge is -1.95. The Morgan fingerprint density at radius 1 is 1.40 bits per heavy atom. The van der Waals surface area contributed by atoms with Crippen LogP contribution in [0.5, 0.6) is 0 Å². The van der Waals surface area contributed by atoms with Crippen molar-refractivity contribution in [1.82, 2.24) is 15.0 Å². The lowest BCUT2D eigenvalue weighted by Crippen LogP contribution is -1.99. The molecule has 76 valence electrons. The van der Waals surface area contributed by atoms with Gasteiger partial charge in [0.25, 0.3) is 0 Å². The first-order valence-corrected chi connectivity index (χ1v) is 4.75. The third-order valence-electron chi connectivity index (χ3n) is 1.67. The predicted molar refractivity (Wildman–Crippen MR) is 54.5 cm³/mol. The number of aromatic carboxylic acids is 1. The van der Waals surface area contributed by atoms with E-state index in [9.17, 15) is 4.79 Å². The predicted octanol–water partition coefficient (Wildman–Crippen LogP) is 0.881. The fourth-order valence-corrected chi connectivity index (χ4v) is 1.89. The van der Waals surface area contributed by atoms with Gasteiger partial charge in [-0.2, -0.15) is 0 Å². The standard InChI is InChI=1S/C8H6N4O2S/c9-8-12-5(7(13)14)6(15-8)4-1-10-3-11-2-4/h1-3H,(H2,9,12)(H,13,14). The molecule has 0 aliphatic rings. The van der Waals surface area contributed by atoms with E-state index >= 15 is 0 Å². The number of aromatic nitrogens is 3. The third kappa shape index (κ3) is 1.77. The zero-order valence-electron chi connectivity index (χ0n) is 7.41. The minimum atomic E-state index is -1.11. The smallest absolute Gasteiger partial charge is 0.356 e. The molecule has 7 heteroatoms. The number of anilines is 1. The minimum Gasteiger partial charge on any atom is -0.476 e. The quantitative estimate of drug-likeness (QED) is 0.782. The molecule has 0 saturated carbocycles. The molecule has 0 unspecified atom stereocenters. The van der Waals surface area contributed by atoms with Gasteiger partial charge in [-0.05, 0) is 0 Å². The van der Waals surface area contributed by atoms with Crippen molar-refractivity contribution in [2.24, 2.45) is 0 Å². The van der Waals surface area contributed by atoms with Crippen LogP contribution < -0.4 is 5.73 Å². The Morgan fingerprint density at radius 3 is 2.67 bits per heavy atom. The summed E-state index contributed by atoms with van der Waals surface area (Å²) in [5, 5.41) is 9.10. The Hall–Kier alpha value is -2.02. The molecule has 0 bridgehead atoms. The topological polar surface area (TPSA) is 102 Å². The number of carbonyl (C=O) groups is 1. The zero-order chi connectivity index (χ0) is 10.8. The normalized spacial score (nSPS) is 10.1. The number of nitrogens with two attached hydrogens (primary N) is 1. The Labute approximate surface area is 88.4 Å². The van der Waals surface area contributed by atoms with Crippen molar-refractivity contribution in [3.8, 4) is 10.4 Å². The van der Waals surface area contributed by atoms with Gasteiger partial charge >= 0.3 is 5.97 Å². The highest BCUT2D eigenvalue weighted by atomic mass is 32.1. The van der Waals surface area contributed by atoms with Crippen LogP contribution in [-0.2, 0) is 0 Å². The van der Waals surface area contributed by atoms with E-state index < -0.39 is 5.97 Å². The lowest BCUT2D eigenvalue weighted by atomic mass is 10.2. The van der Waals surface area contributed by atoms with Crippen LogP contribution in [0.2, 0.25) is 0 Å². The van der Waals surface area contributed by atoms with E-state index in [1.165, 1.54) is 18.7 Å². The molecule has 2 aromatic rings. The monoisotopic (exact) mass is 222 g/mol. The van der Waals surface area contributed by atoms with E-state index in [1.807, 2.05) is 0 Å². The molecular weight excluding hydrogens is 216 g/mol. The summed E-state index contributed by atoms with van der Waals surface area (Å²) < 4.78 is 0. The van der Waals surface area contributed by atoms with Gasteiger partial charge in [-0.15, -0.1) is 0 Å². The fraction of sp³-hybridized carbons (Fsp3) is 0. The molecule has 0 fully saturated rings. The van der Waals surface area contributed by atoms with Crippen molar-refractivity contribution >= 4 is 22.4 Å². The van der Waals surface area contributed by atoms with Crippen molar-refractivity contribution in [3.63, 3.8) is 0 Å². The summed E-state index contributed by atoms with van der Waals surface area (Å²) in [6, 6.07) is 0. The average molecular weight is 222 g/mol. The number of nitrogen functional groups attached to an aromatic ring is 1. The number of hydrogen-bond donors (Lipinski definition) is 2. The molecule has 0 aromatic carbocycles. The van der Waals surface area contributed by atoms with E-state index in [-0.39, 0.29) is 10.8 Å². The van der Waals surface area contributed by atoms with Crippen LogP contribution in [0, 0.1) is 0 Å². The van der Waals surface area contributed by atoms with Gasteiger partial charge in [-0.25, -0.2) is 19.7 Å². The van der Waals surface area contributed by atoms with Crippen LogP contribution in [0.1, 0.15) is 10.5 Å². The summed E-state index contributed by atoms with van der Waals surface area (Å²) in [5.74, 6) is -1.11. The Balaban J connectivity index is 2.58. The lowest BCUT2D eigenvalue weighted by molar-refractivity contribution is 0.0692. The summed E-state index contributed by atoms with van der Waals surface area (Å²) in [5.41, 5.74) is 6.00. The van der Waals surface area contributed by atoms with E-state index in [2.05, 4.69) is 15.0 Å². The third-order valence-corrected chi connectivity index (χ3v) is 2.60. The molecule has 0 atom stereocenters. The number of carboxylic acid groups (broad SMARTS) is 1. The van der Waals surface area contributed by atoms with E-state index in [0.717, 1.165) is 11.3 Å². The second-order valence-electron chi connectivity index (χ2n) is 2.66. The van der Waals surface area contributed by atoms with Gasteiger partial charge in [0.2, 0.25) is 0 Å². The fourth-order valence-electron chi connectivity index (χ4n) is 1.09. The summed E-state index contributed by atoms with van der Waals surface area (Å²) in [4.78, 5) is 22.7. The van der Waals surface area contributed by atoms with Gasteiger partial charge in [0.1, 0.15) is 6.33 Å². The SMILES string of the molecule is Nc1nc(C(=O)O)c(-c2cncnc2)s1. The number of nitrogens with zero attached hydrogens (tertiary/aromatic N) is 3. The molecule has 0 amide bonds. The largest absolute Gasteiger partial charge is 0.476 e. The molecule has 2 heterocycles. The van der Waals surface area contributed by atoms with Crippen molar-refractivity contribution in [1.29, 1.82) is 0 Å². The number of thiazole rings is 1. The number of rotatable bonds is 2. The molecule has 15 heavy (non-hydrogen) atoms. The Morgan fingerprint density at radius 2 is 2.07 bits per heavy atom. The maximum atomic E-state index is 10.9. The van der Waals surface area contributed by atoms with Crippen LogP contribution in [0.4, 0.5) is 5.13 Å². The molecule has 6 nitrogen and oxygen atoms in total. The van der Waals surface area contributed by atoms with Crippen molar-refractivity contribution in [2.75, 3.05) is 5.73 Å². The van der Waals surface area contributed by atoms with Gasteiger partial charge < -0.3 is 10.8 Å². The highest BCUT2D eigenvalue weighted by Crippen LogP contribution is 2.30. The molecule has 0 spiro atoms. The second kappa shape index (κ2) is 3.62. The minimum absolute atomic E-state index is 0.0627. The van der Waals surface area contributed by atoms with Crippen molar-refractivity contribution in [3.05, 3.63) is 24.4 Å². The summed E-state index contributed by atoms with van der Waals surface area (Å²) in [6.45, 7) is 0. The highest BCUT2D eigenvalue weighted by molar-refractivity contribution is 7.19. The molecule has 0 saturated heterocycles. The van der Waals surface area contributed by atoms with Crippen LogP contribution in [0.3, 0.4) is 0 Å². The Bertz CT molecular complexity index is 497. The van der Waals surface area contributed by atoms with Gasteiger partial charge in [0.15, 0.2) is 10.8 Å². The maximum absolute atomic E-state index is 10.9. The molecule has 0 aliphatic heterocycles. The Kier molecular flexibility index (Phi) is 2.30. The first kappa shape index (κ1) is 9.53. The highest BCUT2D eigenvalue weighted by Gasteiger charge is 2.17. The first-order valence-electron chi connectivity index (χ1n) is 3.93. The summed E-state index contributed by atoms with van der Waals surface area (Å²) in [6.07, 6.45) is 4.41. The van der Waals surface area contributed by atoms with E-state index in [1.54, 1.807) is 0 Å². The van der Waals surface area contributed by atoms with Crippen LogP contribution in [-0.4, -0.2) is 26.0 Å². The molecule has 3 N–H and O–H groups in total. The first-order chi connectivity index (χ1) is 7.18. The maximum Gasteiger partial charge on any atom is 0.356 e. The number of carboxylic acids is 1. The van der Waals surface area contributed by atoms with Crippen LogP contribution in [0.15, 0.2) is 18.7 Å². The summed E-state index contributed by atoms with van der Waals surface area (Å²) >= 11 is 1.10. The molecule has 2 aromatic heterocycles. The summed E-state index contributed by atoms with van der Waals surface area (Å²) in [7, 11) is 0. The van der Waals surface area contributed by atoms with Crippen molar-refractivity contribution < 1.29 is 9.90 Å².